The first-order valence-electron chi connectivity index (χ1n) is 8.69. The Balaban J connectivity index is 0.00000261. The molecule has 4 nitrogen and oxygen atoms in total. The van der Waals surface area contributed by atoms with E-state index in [4.69, 9.17) is 10.5 Å². The minimum atomic E-state index is -2.88. The van der Waals surface area contributed by atoms with Gasteiger partial charge < -0.3 is 15.2 Å². The minimum Gasteiger partial charge on any atom is -0.493 e. The molecule has 2 aromatic rings. The van der Waals surface area contributed by atoms with Gasteiger partial charge in [0, 0.05) is 25.6 Å². The van der Waals surface area contributed by atoms with E-state index < -0.39 is 6.61 Å². The van der Waals surface area contributed by atoms with Crippen molar-refractivity contribution in [1.29, 1.82) is 0 Å². The van der Waals surface area contributed by atoms with E-state index in [-0.39, 0.29) is 18.2 Å². The van der Waals surface area contributed by atoms with Crippen LogP contribution in [-0.4, -0.2) is 38.3 Å². The van der Waals surface area contributed by atoms with Crippen molar-refractivity contribution in [3.63, 3.8) is 0 Å². The van der Waals surface area contributed by atoms with Gasteiger partial charge in [-0.2, -0.15) is 8.78 Å². The summed E-state index contributed by atoms with van der Waals surface area (Å²) in [7, 11) is 1.43. The summed E-state index contributed by atoms with van der Waals surface area (Å²) in [5, 5.41) is 0. The molecule has 1 fully saturated rings. The second-order valence-electron chi connectivity index (χ2n) is 6.57. The summed E-state index contributed by atoms with van der Waals surface area (Å²) in [4.78, 5) is 2.31. The highest BCUT2D eigenvalue weighted by molar-refractivity contribution is 5.85. The van der Waals surface area contributed by atoms with E-state index in [1.807, 2.05) is 24.3 Å². The van der Waals surface area contributed by atoms with E-state index in [9.17, 15) is 8.78 Å². The van der Waals surface area contributed by atoms with Gasteiger partial charge in [0.15, 0.2) is 11.5 Å². The molecule has 3 rings (SSSR count). The second-order valence-corrected chi connectivity index (χ2v) is 6.57. The van der Waals surface area contributed by atoms with Crippen LogP contribution in [0.25, 0.3) is 0 Å². The lowest BCUT2D eigenvalue weighted by molar-refractivity contribution is -0.0512. The average molecular weight is 399 g/mol. The van der Waals surface area contributed by atoms with Crippen molar-refractivity contribution in [2.75, 3.05) is 26.7 Å². The average Bonchev–Trinajstić information content (AvgIpc) is 3.05. The van der Waals surface area contributed by atoms with Crippen LogP contribution in [0, 0.1) is 5.92 Å². The number of nitrogens with zero attached hydrogens (tertiary/aromatic N) is 1. The number of halogens is 3. The first kappa shape index (κ1) is 21.4. The molecule has 1 aliphatic rings. The highest BCUT2D eigenvalue weighted by Crippen LogP contribution is 2.34. The van der Waals surface area contributed by atoms with Gasteiger partial charge in [-0.25, -0.2) is 0 Å². The normalized spacial score (nSPS) is 19.7. The summed E-state index contributed by atoms with van der Waals surface area (Å²) < 4.78 is 34.9. The van der Waals surface area contributed by atoms with Gasteiger partial charge in [0.2, 0.25) is 0 Å². The lowest BCUT2D eigenvalue weighted by Gasteiger charge is -2.18. The van der Waals surface area contributed by atoms with Crippen LogP contribution in [0.1, 0.15) is 17.0 Å². The standard InChI is InChI=1S/C20H24F2N2O2.ClH/c1-25-18-8-7-14(9-19(18)26-20(21)22)11-24-12-16(10-23)17(13-24)15-5-3-2-4-6-15;/h2-9,16-17,20H,10-13,23H2,1H3;1H/t16-,17+;/m1./s1. The maximum absolute atomic E-state index is 12.6. The summed E-state index contributed by atoms with van der Waals surface area (Å²) in [6.45, 7) is 0.174. The molecule has 2 N–H and O–H groups in total. The number of hydrogen-bond donors (Lipinski definition) is 1. The maximum atomic E-state index is 12.6. The van der Waals surface area contributed by atoms with Crippen LogP contribution in [0.15, 0.2) is 48.5 Å². The van der Waals surface area contributed by atoms with Crippen LogP contribution in [0.5, 0.6) is 11.5 Å². The molecule has 0 radical (unpaired) electrons. The molecule has 0 bridgehead atoms. The molecule has 0 aliphatic carbocycles. The first-order chi connectivity index (χ1) is 12.6. The predicted molar refractivity (Wildman–Crippen MR) is 104 cm³/mol. The molecule has 1 saturated heterocycles. The van der Waals surface area contributed by atoms with E-state index in [0.717, 1.165) is 18.7 Å². The number of benzene rings is 2. The largest absolute Gasteiger partial charge is 0.493 e. The number of likely N-dealkylation sites (tertiary alicyclic amines) is 1. The van der Waals surface area contributed by atoms with Crippen molar-refractivity contribution in [2.45, 2.75) is 19.1 Å². The van der Waals surface area contributed by atoms with E-state index in [1.165, 1.54) is 12.7 Å². The van der Waals surface area contributed by atoms with Gasteiger partial charge in [-0.05, 0) is 35.7 Å². The molecule has 0 unspecified atom stereocenters. The molecule has 27 heavy (non-hydrogen) atoms. The van der Waals surface area contributed by atoms with Gasteiger partial charge in [-0.15, -0.1) is 12.4 Å². The van der Waals surface area contributed by atoms with Crippen molar-refractivity contribution in [1.82, 2.24) is 4.90 Å². The van der Waals surface area contributed by atoms with Crippen molar-refractivity contribution in [3.8, 4) is 11.5 Å². The molecule has 2 atom stereocenters. The Morgan fingerprint density at radius 2 is 1.85 bits per heavy atom. The Bertz CT molecular complexity index is 718. The van der Waals surface area contributed by atoms with Crippen molar-refractivity contribution >= 4 is 12.4 Å². The predicted octanol–water partition coefficient (Wildman–Crippen LogP) is 3.89. The molecular weight excluding hydrogens is 374 g/mol. The second kappa shape index (κ2) is 9.88. The van der Waals surface area contributed by atoms with Crippen LogP contribution in [-0.2, 0) is 6.54 Å². The zero-order chi connectivity index (χ0) is 18.5. The van der Waals surface area contributed by atoms with Gasteiger partial charge in [0.05, 0.1) is 7.11 Å². The summed E-state index contributed by atoms with van der Waals surface area (Å²) >= 11 is 0. The summed E-state index contributed by atoms with van der Waals surface area (Å²) in [6, 6.07) is 15.5. The lowest BCUT2D eigenvalue weighted by Crippen LogP contribution is -2.23. The van der Waals surface area contributed by atoms with Gasteiger partial charge in [0.25, 0.3) is 0 Å². The quantitative estimate of drug-likeness (QED) is 0.768. The third kappa shape index (κ3) is 5.31. The highest BCUT2D eigenvalue weighted by Gasteiger charge is 2.32. The van der Waals surface area contributed by atoms with Crippen LogP contribution < -0.4 is 15.2 Å². The molecule has 0 amide bonds. The summed E-state index contributed by atoms with van der Waals surface area (Å²) in [5.41, 5.74) is 8.19. The molecule has 0 aromatic heterocycles. The number of alkyl halides is 2. The molecule has 2 aromatic carbocycles. The Kier molecular flexibility index (Phi) is 7.83. The van der Waals surface area contributed by atoms with Gasteiger partial charge in [0.1, 0.15) is 0 Å². The fourth-order valence-electron chi connectivity index (χ4n) is 3.67. The van der Waals surface area contributed by atoms with Crippen LogP contribution in [0.3, 0.4) is 0 Å². The summed E-state index contributed by atoms with van der Waals surface area (Å²) in [6.07, 6.45) is 0. The van der Waals surface area contributed by atoms with Gasteiger partial charge in [-0.1, -0.05) is 36.4 Å². The van der Waals surface area contributed by atoms with Gasteiger partial charge >= 0.3 is 6.61 Å². The minimum absolute atomic E-state index is 0. The zero-order valence-corrected chi connectivity index (χ0v) is 16.0. The van der Waals surface area contributed by atoms with Crippen molar-refractivity contribution in [3.05, 3.63) is 59.7 Å². The third-order valence-corrected chi connectivity index (χ3v) is 4.90. The molecule has 0 saturated carbocycles. The Morgan fingerprint density at radius 3 is 2.48 bits per heavy atom. The van der Waals surface area contributed by atoms with E-state index in [0.29, 0.717) is 30.7 Å². The fourth-order valence-corrected chi connectivity index (χ4v) is 3.67. The number of rotatable bonds is 7. The number of methoxy groups -OCH3 is 1. The molecule has 0 spiro atoms. The SMILES string of the molecule is COc1ccc(CN2C[C@@H](CN)[C@H](c3ccccc3)C2)cc1OC(F)F.Cl. The third-order valence-electron chi connectivity index (χ3n) is 4.90. The van der Waals surface area contributed by atoms with Crippen molar-refractivity contribution < 1.29 is 18.3 Å². The van der Waals surface area contributed by atoms with Crippen LogP contribution in [0.4, 0.5) is 8.78 Å². The molecule has 1 aliphatic heterocycles. The van der Waals surface area contributed by atoms with E-state index in [1.54, 1.807) is 12.1 Å². The maximum Gasteiger partial charge on any atom is 0.387 e. The summed E-state index contributed by atoms with van der Waals surface area (Å²) in [5.74, 6) is 1.13. The zero-order valence-electron chi connectivity index (χ0n) is 15.2. The number of nitrogens with two attached hydrogens (primary N) is 1. The van der Waals surface area contributed by atoms with Crippen molar-refractivity contribution in [2.24, 2.45) is 11.7 Å². The van der Waals surface area contributed by atoms with E-state index >= 15 is 0 Å². The lowest BCUT2D eigenvalue weighted by atomic mass is 9.89. The Morgan fingerprint density at radius 1 is 1.11 bits per heavy atom. The smallest absolute Gasteiger partial charge is 0.387 e. The van der Waals surface area contributed by atoms with Crippen LogP contribution in [0.2, 0.25) is 0 Å². The topological polar surface area (TPSA) is 47.7 Å². The Hall–Kier alpha value is -1.89. The highest BCUT2D eigenvalue weighted by atomic mass is 35.5. The molecule has 148 valence electrons. The number of ether oxygens (including phenoxy) is 2. The molecular formula is C20H25ClF2N2O2. The van der Waals surface area contributed by atoms with Crippen LogP contribution >= 0.6 is 12.4 Å². The molecule has 7 heteroatoms. The monoisotopic (exact) mass is 398 g/mol. The van der Waals surface area contributed by atoms with E-state index in [2.05, 4.69) is 21.8 Å². The van der Waals surface area contributed by atoms with Gasteiger partial charge in [-0.3, -0.25) is 4.90 Å². The first-order valence-corrected chi connectivity index (χ1v) is 8.69. The fraction of sp³-hybridized carbons (Fsp3) is 0.400. The molecule has 1 heterocycles. The number of hydrogen-bond acceptors (Lipinski definition) is 4. The Labute approximate surface area is 164 Å².